The fourth-order valence-corrected chi connectivity index (χ4v) is 2.94. The van der Waals surface area contributed by atoms with E-state index in [1.54, 1.807) is 5.54 Å². The van der Waals surface area contributed by atoms with Crippen LogP contribution in [-0.2, 0) is 0 Å². The Balaban J connectivity index is 1.80. The molecule has 1 saturated heterocycles. The van der Waals surface area contributed by atoms with Crippen molar-refractivity contribution in [3.63, 3.8) is 0 Å². The van der Waals surface area contributed by atoms with Gasteiger partial charge in [0.05, 0.1) is 0 Å². The van der Waals surface area contributed by atoms with Gasteiger partial charge in [-0.1, -0.05) is 23.7 Å². The minimum atomic E-state index is 0.462. The summed E-state index contributed by atoms with van der Waals surface area (Å²) < 4.78 is 11.2. The first kappa shape index (κ1) is 12.8. The number of likely N-dealkylation sites (tertiary alicyclic amines) is 1. The van der Waals surface area contributed by atoms with Crippen LogP contribution in [0.25, 0.3) is 0 Å². The van der Waals surface area contributed by atoms with Crippen molar-refractivity contribution < 1.29 is 9.47 Å². The molecule has 19 heavy (non-hydrogen) atoms. The Morgan fingerprint density at radius 2 is 2.11 bits per heavy atom. The third-order valence-electron chi connectivity index (χ3n) is 3.74. The normalized spacial score (nSPS) is 23.1. The topological polar surface area (TPSA) is 21.7 Å². The molecule has 1 fully saturated rings. The molecule has 0 aliphatic carbocycles. The van der Waals surface area contributed by atoms with Crippen molar-refractivity contribution >= 4 is 11.6 Å². The summed E-state index contributed by atoms with van der Waals surface area (Å²) >= 11 is 5.62. The van der Waals surface area contributed by atoms with Crippen LogP contribution in [0.5, 0.6) is 11.5 Å². The van der Waals surface area contributed by atoms with Gasteiger partial charge in [-0.2, -0.15) is 0 Å². The first-order valence-corrected chi connectivity index (χ1v) is 7.21. The zero-order valence-electron chi connectivity index (χ0n) is 10.8. The number of fused-ring (bicyclic) bond motifs is 1. The minimum Gasteiger partial charge on any atom is -0.486 e. The molecule has 0 bridgehead atoms. The molecular formula is C15H18ClNO2. The van der Waals surface area contributed by atoms with E-state index in [0.29, 0.717) is 19.3 Å². The van der Waals surface area contributed by atoms with Crippen molar-refractivity contribution in [2.75, 3.05) is 26.3 Å². The third kappa shape index (κ3) is 2.72. The molecule has 0 spiro atoms. The van der Waals surface area contributed by atoms with Crippen LogP contribution in [0.4, 0.5) is 0 Å². The molecule has 1 atom stereocenters. The highest BCUT2D eigenvalue weighted by molar-refractivity contribution is 6.25. The van der Waals surface area contributed by atoms with Crippen molar-refractivity contribution in [3.8, 4) is 11.5 Å². The van der Waals surface area contributed by atoms with Gasteiger partial charge in [0.25, 0.3) is 0 Å². The summed E-state index contributed by atoms with van der Waals surface area (Å²) in [6.07, 6.45) is 4.42. The number of benzene rings is 1. The lowest BCUT2D eigenvalue weighted by Gasteiger charge is -2.25. The SMILES string of the molecule is Cl/C=C/CN1CCCC1c1ccc2c(c1)OCCO2. The molecule has 3 nitrogen and oxygen atoms in total. The quantitative estimate of drug-likeness (QED) is 0.847. The largest absolute Gasteiger partial charge is 0.486 e. The van der Waals surface area contributed by atoms with Gasteiger partial charge in [-0.25, -0.2) is 0 Å². The summed E-state index contributed by atoms with van der Waals surface area (Å²) in [5.74, 6) is 1.74. The Bertz CT molecular complexity index is 475. The first-order chi connectivity index (χ1) is 9.38. The Labute approximate surface area is 118 Å². The highest BCUT2D eigenvalue weighted by Gasteiger charge is 2.26. The van der Waals surface area contributed by atoms with E-state index < -0.39 is 0 Å². The Morgan fingerprint density at radius 3 is 2.95 bits per heavy atom. The second-order valence-electron chi connectivity index (χ2n) is 4.92. The van der Waals surface area contributed by atoms with Gasteiger partial charge in [-0.3, -0.25) is 4.90 Å². The number of nitrogens with zero attached hydrogens (tertiary/aromatic N) is 1. The number of halogens is 1. The Hall–Kier alpha value is -1.19. The molecular weight excluding hydrogens is 262 g/mol. The van der Waals surface area contributed by atoms with Gasteiger partial charge in [-0.05, 0) is 37.1 Å². The van der Waals surface area contributed by atoms with E-state index in [9.17, 15) is 0 Å². The highest BCUT2D eigenvalue weighted by atomic mass is 35.5. The standard InChI is InChI=1S/C15H18ClNO2/c16-6-2-8-17-7-1-3-13(17)12-4-5-14-15(11-12)19-10-9-18-14/h2,4-6,11,13H,1,3,7-10H2/b6-2+. The number of hydrogen-bond acceptors (Lipinski definition) is 3. The maximum atomic E-state index is 5.66. The molecule has 0 saturated carbocycles. The van der Waals surface area contributed by atoms with Crippen LogP contribution in [0.3, 0.4) is 0 Å². The Morgan fingerprint density at radius 1 is 1.26 bits per heavy atom. The summed E-state index contributed by atoms with van der Waals surface area (Å²) in [6, 6.07) is 6.77. The van der Waals surface area contributed by atoms with Crippen LogP contribution in [0.2, 0.25) is 0 Å². The maximum absolute atomic E-state index is 5.66. The van der Waals surface area contributed by atoms with Crippen LogP contribution in [0.15, 0.2) is 29.8 Å². The molecule has 0 amide bonds. The second kappa shape index (κ2) is 5.85. The molecule has 1 unspecified atom stereocenters. The lowest BCUT2D eigenvalue weighted by Crippen LogP contribution is -2.23. The van der Waals surface area contributed by atoms with E-state index in [1.165, 1.54) is 18.4 Å². The molecule has 1 aromatic rings. The van der Waals surface area contributed by atoms with Crippen LogP contribution in [0, 0.1) is 0 Å². The van der Waals surface area contributed by atoms with Crippen molar-refractivity contribution in [1.82, 2.24) is 4.90 Å². The number of rotatable bonds is 3. The highest BCUT2D eigenvalue weighted by Crippen LogP contribution is 2.37. The van der Waals surface area contributed by atoms with Crippen LogP contribution in [0.1, 0.15) is 24.4 Å². The van der Waals surface area contributed by atoms with Gasteiger partial charge in [0, 0.05) is 18.1 Å². The zero-order valence-corrected chi connectivity index (χ0v) is 11.6. The maximum Gasteiger partial charge on any atom is 0.161 e. The van der Waals surface area contributed by atoms with Crippen molar-refractivity contribution in [1.29, 1.82) is 0 Å². The second-order valence-corrected chi connectivity index (χ2v) is 5.17. The molecule has 2 aliphatic rings. The molecule has 2 aliphatic heterocycles. The van der Waals surface area contributed by atoms with E-state index in [2.05, 4.69) is 17.0 Å². The molecule has 0 N–H and O–H groups in total. The third-order valence-corrected chi connectivity index (χ3v) is 3.92. The molecule has 3 rings (SSSR count). The molecule has 0 radical (unpaired) electrons. The van der Waals surface area contributed by atoms with Crippen molar-refractivity contribution in [3.05, 3.63) is 35.4 Å². The van der Waals surface area contributed by atoms with Gasteiger partial charge < -0.3 is 9.47 Å². The van der Waals surface area contributed by atoms with Crippen LogP contribution >= 0.6 is 11.6 Å². The smallest absolute Gasteiger partial charge is 0.161 e. The van der Waals surface area contributed by atoms with E-state index in [0.717, 1.165) is 24.6 Å². The first-order valence-electron chi connectivity index (χ1n) is 6.77. The molecule has 102 valence electrons. The fourth-order valence-electron chi connectivity index (χ4n) is 2.86. The number of hydrogen-bond donors (Lipinski definition) is 0. The minimum absolute atomic E-state index is 0.462. The van der Waals surface area contributed by atoms with E-state index in [1.807, 2.05) is 12.1 Å². The lowest BCUT2D eigenvalue weighted by molar-refractivity contribution is 0.171. The van der Waals surface area contributed by atoms with E-state index >= 15 is 0 Å². The van der Waals surface area contributed by atoms with Gasteiger partial charge >= 0.3 is 0 Å². The summed E-state index contributed by atoms with van der Waals surface area (Å²) in [4.78, 5) is 2.45. The predicted molar refractivity (Wildman–Crippen MR) is 76.0 cm³/mol. The molecule has 2 heterocycles. The predicted octanol–water partition coefficient (Wildman–Crippen LogP) is 3.35. The monoisotopic (exact) mass is 279 g/mol. The van der Waals surface area contributed by atoms with Gasteiger partial charge in [0.2, 0.25) is 0 Å². The van der Waals surface area contributed by atoms with Crippen molar-refractivity contribution in [2.24, 2.45) is 0 Å². The van der Waals surface area contributed by atoms with Gasteiger partial charge in [0.1, 0.15) is 13.2 Å². The fraction of sp³-hybridized carbons (Fsp3) is 0.467. The number of ether oxygens (including phenoxy) is 2. The zero-order chi connectivity index (χ0) is 13.1. The van der Waals surface area contributed by atoms with E-state index in [-0.39, 0.29) is 0 Å². The summed E-state index contributed by atoms with van der Waals surface area (Å²) in [5.41, 5.74) is 2.91. The van der Waals surface area contributed by atoms with Crippen LogP contribution in [-0.4, -0.2) is 31.2 Å². The summed E-state index contributed by atoms with van der Waals surface area (Å²) in [6.45, 7) is 3.31. The summed E-state index contributed by atoms with van der Waals surface area (Å²) in [7, 11) is 0. The van der Waals surface area contributed by atoms with Crippen molar-refractivity contribution in [2.45, 2.75) is 18.9 Å². The lowest BCUT2D eigenvalue weighted by atomic mass is 10.0. The molecule has 1 aromatic carbocycles. The average molecular weight is 280 g/mol. The Kier molecular flexibility index (Phi) is 3.95. The molecule has 4 heteroatoms. The summed E-state index contributed by atoms with van der Waals surface area (Å²) in [5, 5.41) is 0. The van der Waals surface area contributed by atoms with Crippen LogP contribution < -0.4 is 9.47 Å². The van der Waals surface area contributed by atoms with Gasteiger partial charge in [-0.15, -0.1) is 0 Å². The molecule has 0 aromatic heterocycles. The van der Waals surface area contributed by atoms with Gasteiger partial charge in [0.15, 0.2) is 11.5 Å². The van der Waals surface area contributed by atoms with E-state index in [4.69, 9.17) is 21.1 Å². The average Bonchev–Trinajstić information content (AvgIpc) is 2.93.